The molecule has 1 aromatic rings. The fraction of sp³-hybridized carbons (Fsp3) is 0.615. The number of methoxy groups -OCH3 is 1. The molecule has 1 saturated carbocycles. The van der Waals surface area contributed by atoms with E-state index in [1.54, 1.807) is 0 Å². The van der Waals surface area contributed by atoms with Gasteiger partial charge in [-0.05, 0) is 37.8 Å². The summed E-state index contributed by atoms with van der Waals surface area (Å²) in [7, 11) is 1.50. The zero-order valence-corrected chi connectivity index (χ0v) is 12.0. The normalized spacial score (nSPS) is 23.4. The van der Waals surface area contributed by atoms with Crippen LogP contribution in [0.15, 0.2) is 6.07 Å². The van der Waals surface area contributed by atoms with Crippen molar-refractivity contribution in [1.82, 2.24) is 15.3 Å². The molecule has 1 aromatic heterocycles. The molecular weight excluding hydrogens is 280 g/mol. The summed E-state index contributed by atoms with van der Waals surface area (Å²) < 4.78 is 5.01. The molecule has 2 aliphatic rings. The van der Waals surface area contributed by atoms with Crippen LogP contribution in [0.3, 0.4) is 0 Å². The predicted octanol–water partition coefficient (Wildman–Crippen LogP) is 1.47. The Morgan fingerprint density at radius 2 is 2.25 bits per heavy atom. The highest BCUT2D eigenvalue weighted by Gasteiger charge is 2.57. The Morgan fingerprint density at radius 3 is 2.95 bits per heavy atom. The number of nitrogens with zero attached hydrogens (tertiary/aromatic N) is 2. The SMILES string of the molecule is COc1cc(Cl)nc(NC(=O)C2CC23CCNCC3)n1. The summed E-state index contributed by atoms with van der Waals surface area (Å²) in [5, 5.41) is 6.32. The van der Waals surface area contributed by atoms with Gasteiger partial charge in [0.25, 0.3) is 0 Å². The number of hydrogen-bond donors (Lipinski definition) is 2. The lowest BCUT2D eigenvalue weighted by Gasteiger charge is -2.23. The lowest BCUT2D eigenvalue weighted by Crippen LogP contribution is -2.31. The quantitative estimate of drug-likeness (QED) is 0.826. The number of anilines is 1. The van der Waals surface area contributed by atoms with Crippen LogP contribution in [0, 0.1) is 11.3 Å². The molecule has 2 fully saturated rings. The largest absolute Gasteiger partial charge is 0.481 e. The van der Waals surface area contributed by atoms with Crippen LogP contribution in [0.25, 0.3) is 0 Å². The molecule has 0 radical (unpaired) electrons. The van der Waals surface area contributed by atoms with Crippen molar-refractivity contribution in [3.8, 4) is 5.88 Å². The van der Waals surface area contributed by atoms with Gasteiger partial charge >= 0.3 is 0 Å². The molecule has 1 atom stereocenters. The molecule has 1 unspecified atom stereocenters. The van der Waals surface area contributed by atoms with Crippen molar-refractivity contribution in [3.05, 3.63) is 11.2 Å². The minimum Gasteiger partial charge on any atom is -0.481 e. The first-order valence-corrected chi connectivity index (χ1v) is 7.11. The Labute approximate surface area is 122 Å². The molecule has 1 aliphatic carbocycles. The molecule has 1 spiro atoms. The number of ether oxygens (including phenoxy) is 1. The standard InChI is InChI=1S/C13H17ClN4O2/c1-20-10-6-9(14)16-12(17-10)18-11(19)8-7-13(8)2-4-15-5-3-13/h6,8,15H,2-5,7H2,1H3,(H,16,17,18,19). The minimum atomic E-state index is -0.0174. The molecule has 1 amide bonds. The highest BCUT2D eigenvalue weighted by atomic mass is 35.5. The van der Waals surface area contributed by atoms with Gasteiger partial charge in [-0.25, -0.2) is 4.98 Å². The van der Waals surface area contributed by atoms with E-state index in [0.717, 1.165) is 32.4 Å². The van der Waals surface area contributed by atoms with Gasteiger partial charge in [0, 0.05) is 12.0 Å². The van der Waals surface area contributed by atoms with Crippen LogP contribution in [-0.2, 0) is 4.79 Å². The first-order chi connectivity index (χ1) is 9.63. The number of carbonyl (C=O) groups is 1. The summed E-state index contributed by atoms with van der Waals surface area (Å²) in [4.78, 5) is 20.3. The molecule has 1 saturated heterocycles. The van der Waals surface area contributed by atoms with E-state index in [4.69, 9.17) is 16.3 Å². The zero-order chi connectivity index (χ0) is 14.2. The van der Waals surface area contributed by atoms with E-state index >= 15 is 0 Å². The van der Waals surface area contributed by atoms with E-state index in [1.807, 2.05) is 0 Å². The molecule has 20 heavy (non-hydrogen) atoms. The fourth-order valence-electron chi connectivity index (χ4n) is 2.95. The Kier molecular flexibility index (Phi) is 3.52. The summed E-state index contributed by atoms with van der Waals surface area (Å²) in [6.07, 6.45) is 3.08. The van der Waals surface area contributed by atoms with Crippen LogP contribution >= 0.6 is 11.6 Å². The maximum Gasteiger partial charge on any atom is 0.234 e. The Hall–Kier alpha value is -1.40. The van der Waals surface area contributed by atoms with Crippen LogP contribution in [0.2, 0.25) is 5.15 Å². The molecule has 0 aromatic carbocycles. The summed E-state index contributed by atoms with van der Waals surface area (Å²) in [5.41, 5.74) is 0.192. The number of nitrogens with one attached hydrogen (secondary N) is 2. The van der Waals surface area contributed by atoms with Crippen LogP contribution in [-0.4, -0.2) is 36.1 Å². The third kappa shape index (κ3) is 2.58. The van der Waals surface area contributed by atoms with E-state index in [0.29, 0.717) is 5.88 Å². The molecule has 108 valence electrons. The van der Waals surface area contributed by atoms with Crippen molar-refractivity contribution in [2.24, 2.45) is 11.3 Å². The average molecular weight is 297 g/mol. The Balaban J connectivity index is 1.66. The monoisotopic (exact) mass is 296 g/mol. The number of carbonyl (C=O) groups excluding carboxylic acids is 1. The molecular formula is C13H17ClN4O2. The van der Waals surface area contributed by atoms with Gasteiger partial charge in [-0.2, -0.15) is 4.98 Å². The number of aromatic nitrogens is 2. The maximum absolute atomic E-state index is 12.3. The third-order valence-corrected chi connectivity index (χ3v) is 4.41. The highest BCUT2D eigenvalue weighted by molar-refractivity contribution is 6.29. The number of piperidine rings is 1. The smallest absolute Gasteiger partial charge is 0.234 e. The van der Waals surface area contributed by atoms with E-state index in [9.17, 15) is 4.79 Å². The predicted molar refractivity (Wildman–Crippen MR) is 74.9 cm³/mol. The van der Waals surface area contributed by atoms with Crippen molar-refractivity contribution in [3.63, 3.8) is 0 Å². The van der Waals surface area contributed by atoms with Gasteiger partial charge in [-0.3, -0.25) is 10.1 Å². The number of hydrogen-bond acceptors (Lipinski definition) is 5. The molecule has 3 rings (SSSR count). The second-order valence-corrected chi connectivity index (χ2v) is 5.80. The fourth-order valence-corrected chi connectivity index (χ4v) is 3.12. The van der Waals surface area contributed by atoms with Crippen molar-refractivity contribution in [1.29, 1.82) is 0 Å². The molecule has 1 aliphatic heterocycles. The van der Waals surface area contributed by atoms with Gasteiger partial charge < -0.3 is 10.1 Å². The van der Waals surface area contributed by atoms with Crippen molar-refractivity contribution < 1.29 is 9.53 Å². The van der Waals surface area contributed by atoms with Gasteiger partial charge in [-0.1, -0.05) is 11.6 Å². The van der Waals surface area contributed by atoms with Gasteiger partial charge in [0.2, 0.25) is 17.7 Å². The number of rotatable bonds is 3. The highest BCUT2D eigenvalue weighted by Crippen LogP contribution is 2.58. The van der Waals surface area contributed by atoms with Crippen LogP contribution in [0.1, 0.15) is 19.3 Å². The number of amides is 1. The second kappa shape index (κ2) is 5.18. The molecule has 2 N–H and O–H groups in total. The first kappa shape index (κ1) is 13.6. The molecule has 0 bridgehead atoms. The minimum absolute atomic E-state index is 0.0174. The van der Waals surface area contributed by atoms with Gasteiger partial charge in [0.1, 0.15) is 5.15 Å². The van der Waals surface area contributed by atoms with Crippen molar-refractivity contribution in [2.75, 3.05) is 25.5 Å². The Morgan fingerprint density at radius 1 is 1.50 bits per heavy atom. The first-order valence-electron chi connectivity index (χ1n) is 6.73. The van der Waals surface area contributed by atoms with Crippen molar-refractivity contribution >= 4 is 23.5 Å². The summed E-state index contributed by atoms with van der Waals surface area (Å²) in [6.45, 7) is 1.98. The van der Waals surface area contributed by atoms with E-state index in [2.05, 4.69) is 20.6 Å². The molecule has 2 heterocycles. The van der Waals surface area contributed by atoms with Gasteiger partial charge in [-0.15, -0.1) is 0 Å². The molecule has 7 heteroatoms. The third-order valence-electron chi connectivity index (χ3n) is 4.22. The lowest BCUT2D eigenvalue weighted by molar-refractivity contribution is -0.118. The Bertz CT molecular complexity index is 531. The molecule has 6 nitrogen and oxygen atoms in total. The van der Waals surface area contributed by atoms with Crippen LogP contribution in [0.5, 0.6) is 5.88 Å². The zero-order valence-electron chi connectivity index (χ0n) is 11.3. The second-order valence-electron chi connectivity index (χ2n) is 5.41. The van der Waals surface area contributed by atoms with Gasteiger partial charge in [0.15, 0.2) is 0 Å². The van der Waals surface area contributed by atoms with E-state index in [1.165, 1.54) is 13.2 Å². The van der Waals surface area contributed by atoms with Crippen LogP contribution in [0.4, 0.5) is 5.95 Å². The van der Waals surface area contributed by atoms with E-state index in [-0.39, 0.29) is 28.3 Å². The summed E-state index contributed by atoms with van der Waals surface area (Å²) in [6, 6.07) is 1.50. The van der Waals surface area contributed by atoms with Crippen LogP contribution < -0.4 is 15.4 Å². The van der Waals surface area contributed by atoms with Crippen molar-refractivity contribution in [2.45, 2.75) is 19.3 Å². The number of halogens is 1. The van der Waals surface area contributed by atoms with E-state index < -0.39 is 0 Å². The summed E-state index contributed by atoms with van der Waals surface area (Å²) in [5.74, 6) is 0.595. The lowest BCUT2D eigenvalue weighted by atomic mass is 9.92. The summed E-state index contributed by atoms with van der Waals surface area (Å²) >= 11 is 5.86. The maximum atomic E-state index is 12.3. The topological polar surface area (TPSA) is 76.1 Å². The average Bonchev–Trinajstić information content (AvgIpc) is 3.12. The van der Waals surface area contributed by atoms with Gasteiger partial charge in [0.05, 0.1) is 7.11 Å².